The molecule has 0 spiro atoms. The number of nitrogens with zero attached hydrogens (tertiary/aromatic N) is 5. The lowest BCUT2D eigenvalue weighted by Crippen LogP contribution is -2.49. The standard InChI is InChI=1S/C12H21N5O2/c1-3-10-13-14-11(15(10)2)8-16-4-6-17(7-5-16)12(19)9-18/h18H,3-9H2,1-2H3. The van der Waals surface area contributed by atoms with Gasteiger partial charge in [0.2, 0.25) is 5.91 Å². The Bertz CT molecular complexity index is 437. The molecular formula is C12H21N5O2. The van der Waals surface area contributed by atoms with Crippen molar-refractivity contribution in [3.63, 3.8) is 0 Å². The van der Waals surface area contributed by atoms with E-state index in [1.807, 2.05) is 11.6 Å². The lowest BCUT2D eigenvalue weighted by Gasteiger charge is -2.34. The van der Waals surface area contributed by atoms with Gasteiger partial charge in [-0.15, -0.1) is 10.2 Å². The highest BCUT2D eigenvalue weighted by Gasteiger charge is 2.21. The van der Waals surface area contributed by atoms with Crippen LogP contribution in [0, 0.1) is 0 Å². The molecule has 0 saturated carbocycles. The molecule has 7 heteroatoms. The number of hydrogen-bond donors (Lipinski definition) is 1. The van der Waals surface area contributed by atoms with Crippen LogP contribution in [0.5, 0.6) is 0 Å². The van der Waals surface area contributed by atoms with Crippen molar-refractivity contribution in [2.24, 2.45) is 7.05 Å². The Labute approximate surface area is 112 Å². The highest BCUT2D eigenvalue weighted by atomic mass is 16.3. The number of aliphatic hydroxyl groups excluding tert-OH is 1. The average Bonchev–Trinajstić information content (AvgIpc) is 2.79. The SMILES string of the molecule is CCc1nnc(CN2CCN(C(=O)CO)CC2)n1C. The quantitative estimate of drug-likeness (QED) is 0.758. The van der Waals surface area contributed by atoms with Crippen LogP contribution in [0.2, 0.25) is 0 Å². The third-order valence-corrected chi connectivity index (χ3v) is 3.60. The zero-order chi connectivity index (χ0) is 13.8. The molecule has 1 saturated heterocycles. The molecule has 2 heterocycles. The fourth-order valence-corrected chi connectivity index (χ4v) is 2.30. The summed E-state index contributed by atoms with van der Waals surface area (Å²) in [5, 5.41) is 17.2. The van der Waals surface area contributed by atoms with Gasteiger partial charge in [0.05, 0.1) is 6.54 Å². The maximum atomic E-state index is 11.4. The van der Waals surface area contributed by atoms with Gasteiger partial charge in [0.1, 0.15) is 18.3 Å². The molecule has 0 atom stereocenters. The van der Waals surface area contributed by atoms with E-state index in [1.165, 1.54) is 0 Å². The van der Waals surface area contributed by atoms with E-state index in [2.05, 4.69) is 22.0 Å². The minimum Gasteiger partial charge on any atom is -0.387 e. The molecule has 1 aliphatic rings. The van der Waals surface area contributed by atoms with E-state index in [9.17, 15) is 4.79 Å². The van der Waals surface area contributed by atoms with Gasteiger partial charge < -0.3 is 14.6 Å². The molecule has 0 unspecified atom stereocenters. The molecule has 1 aromatic heterocycles. The number of carbonyl (C=O) groups excluding carboxylic acids is 1. The summed E-state index contributed by atoms with van der Waals surface area (Å²) in [4.78, 5) is 15.3. The second-order valence-corrected chi connectivity index (χ2v) is 4.76. The number of piperazine rings is 1. The third-order valence-electron chi connectivity index (χ3n) is 3.60. The first kappa shape index (κ1) is 14.0. The summed E-state index contributed by atoms with van der Waals surface area (Å²) in [6.45, 7) is 5.36. The molecule has 0 aromatic carbocycles. The largest absolute Gasteiger partial charge is 0.387 e. The molecule has 0 radical (unpaired) electrons. The number of aromatic nitrogens is 3. The number of rotatable bonds is 4. The Morgan fingerprint density at radius 2 is 1.84 bits per heavy atom. The molecule has 2 rings (SSSR count). The van der Waals surface area contributed by atoms with Crippen LogP contribution in [0.15, 0.2) is 0 Å². The second-order valence-electron chi connectivity index (χ2n) is 4.76. The van der Waals surface area contributed by atoms with Gasteiger partial charge in [-0.3, -0.25) is 9.69 Å². The number of carbonyl (C=O) groups is 1. The van der Waals surface area contributed by atoms with Crippen LogP contribution < -0.4 is 0 Å². The molecule has 0 aliphatic carbocycles. The Kier molecular flexibility index (Phi) is 4.49. The summed E-state index contributed by atoms with van der Waals surface area (Å²) in [5.74, 6) is 1.76. The van der Waals surface area contributed by atoms with Gasteiger partial charge >= 0.3 is 0 Å². The van der Waals surface area contributed by atoms with Gasteiger partial charge in [-0.1, -0.05) is 6.92 Å². The zero-order valence-electron chi connectivity index (χ0n) is 11.5. The van der Waals surface area contributed by atoms with Gasteiger partial charge in [0.15, 0.2) is 0 Å². The highest BCUT2D eigenvalue weighted by Crippen LogP contribution is 2.08. The van der Waals surface area contributed by atoms with E-state index < -0.39 is 6.61 Å². The normalized spacial score (nSPS) is 16.9. The molecule has 1 N–H and O–H groups in total. The number of amides is 1. The Hall–Kier alpha value is -1.47. The maximum Gasteiger partial charge on any atom is 0.248 e. The smallest absolute Gasteiger partial charge is 0.248 e. The number of hydrogen-bond acceptors (Lipinski definition) is 5. The van der Waals surface area contributed by atoms with Crippen LogP contribution >= 0.6 is 0 Å². The van der Waals surface area contributed by atoms with Crippen LogP contribution in [-0.4, -0.2) is 68.4 Å². The second kappa shape index (κ2) is 6.12. The van der Waals surface area contributed by atoms with E-state index in [0.717, 1.165) is 37.7 Å². The molecule has 19 heavy (non-hydrogen) atoms. The first-order valence-electron chi connectivity index (χ1n) is 6.63. The molecular weight excluding hydrogens is 246 g/mol. The monoisotopic (exact) mass is 267 g/mol. The minimum atomic E-state index is -0.400. The maximum absolute atomic E-state index is 11.4. The van der Waals surface area contributed by atoms with Crippen molar-refractivity contribution < 1.29 is 9.90 Å². The van der Waals surface area contributed by atoms with Crippen molar-refractivity contribution >= 4 is 5.91 Å². The Morgan fingerprint density at radius 3 is 2.37 bits per heavy atom. The van der Waals surface area contributed by atoms with Crippen molar-refractivity contribution in [1.29, 1.82) is 0 Å². The third kappa shape index (κ3) is 3.10. The average molecular weight is 267 g/mol. The Balaban J connectivity index is 1.88. The summed E-state index contributed by atoms with van der Waals surface area (Å²) >= 11 is 0. The zero-order valence-corrected chi connectivity index (χ0v) is 11.5. The number of aliphatic hydroxyl groups is 1. The highest BCUT2D eigenvalue weighted by molar-refractivity contribution is 5.77. The van der Waals surface area contributed by atoms with E-state index in [-0.39, 0.29) is 5.91 Å². The fraction of sp³-hybridized carbons (Fsp3) is 0.750. The van der Waals surface area contributed by atoms with Crippen LogP contribution in [0.3, 0.4) is 0 Å². The molecule has 0 bridgehead atoms. The van der Waals surface area contributed by atoms with Crippen LogP contribution in [0.1, 0.15) is 18.6 Å². The summed E-state index contributed by atoms with van der Waals surface area (Å²) in [7, 11) is 1.99. The van der Waals surface area contributed by atoms with Crippen LogP contribution in [0.25, 0.3) is 0 Å². The van der Waals surface area contributed by atoms with Gasteiger partial charge in [-0.25, -0.2) is 0 Å². The van der Waals surface area contributed by atoms with Gasteiger partial charge in [-0.05, 0) is 0 Å². The molecule has 1 aromatic rings. The summed E-state index contributed by atoms with van der Waals surface area (Å²) in [6, 6.07) is 0. The molecule has 7 nitrogen and oxygen atoms in total. The lowest BCUT2D eigenvalue weighted by molar-refractivity contribution is -0.136. The van der Waals surface area contributed by atoms with Crippen molar-refractivity contribution in [2.75, 3.05) is 32.8 Å². The summed E-state index contributed by atoms with van der Waals surface area (Å²) in [5.41, 5.74) is 0. The van der Waals surface area contributed by atoms with E-state index >= 15 is 0 Å². The first-order chi connectivity index (χ1) is 9.15. The van der Waals surface area contributed by atoms with Crippen molar-refractivity contribution in [2.45, 2.75) is 19.9 Å². The van der Waals surface area contributed by atoms with Crippen molar-refractivity contribution in [1.82, 2.24) is 24.6 Å². The minimum absolute atomic E-state index is 0.188. The van der Waals surface area contributed by atoms with E-state index in [4.69, 9.17) is 5.11 Å². The van der Waals surface area contributed by atoms with E-state index in [0.29, 0.717) is 13.1 Å². The van der Waals surface area contributed by atoms with Gasteiger partial charge in [-0.2, -0.15) is 0 Å². The molecule has 106 valence electrons. The predicted octanol–water partition coefficient (Wildman–Crippen LogP) is -0.986. The first-order valence-corrected chi connectivity index (χ1v) is 6.63. The molecule has 1 aliphatic heterocycles. The van der Waals surface area contributed by atoms with Gasteiger partial charge in [0, 0.05) is 39.6 Å². The lowest BCUT2D eigenvalue weighted by atomic mass is 10.3. The van der Waals surface area contributed by atoms with Crippen molar-refractivity contribution in [3.05, 3.63) is 11.6 Å². The van der Waals surface area contributed by atoms with Gasteiger partial charge in [0.25, 0.3) is 0 Å². The van der Waals surface area contributed by atoms with Crippen molar-refractivity contribution in [3.8, 4) is 0 Å². The topological polar surface area (TPSA) is 74.5 Å². The Morgan fingerprint density at radius 1 is 1.21 bits per heavy atom. The van der Waals surface area contributed by atoms with Crippen LogP contribution in [0.4, 0.5) is 0 Å². The molecule has 1 fully saturated rings. The summed E-state index contributed by atoms with van der Waals surface area (Å²) in [6.07, 6.45) is 0.877. The number of aryl methyl sites for hydroxylation is 1. The van der Waals surface area contributed by atoms with E-state index in [1.54, 1.807) is 4.90 Å². The predicted molar refractivity (Wildman–Crippen MR) is 69.3 cm³/mol. The molecule has 1 amide bonds. The summed E-state index contributed by atoms with van der Waals surface area (Å²) < 4.78 is 2.03. The fourth-order valence-electron chi connectivity index (χ4n) is 2.30. The van der Waals surface area contributed by atoms with Crippen LogP contribution in [-0.2, 0) is 24.8 Å².